The van der Waals surface area contributed by atoms with Crippen molar-refractivity contribution in [3.63, 3.8) is 0 Å². The van der Waals surface area contributed by atoms with Gasteiger partial charge in [0.15, 0.2) is 5.43 Å². The molecule has 1 aliphatic heterocycles. The summed E-state index contributed by atoms with van der Waals surface area (Å²) in [5.41, 5.74) is 4.72. The highest BCUT2D eigenvalue weighted by atomic mass is 16.5. The molecular weight excluding hydrogens is 392 g/mol. The first kappa shape index (κ1) is 19.5. The molecule has 0 atom stereocenters. The van der Waals surface area contributed by atoms with Crippen LogP contribution in [0.5, 0.6) is 5.75 Å². The quantitative estimate of drug-likeness (QED) is 0.596. The Labute approximate surface area is 180 Å². The van der Waals surface area contributed by atoms with E-state index in [1.807, 2.05) is 18.2 Å². The third-order valence-corrected chi connectivity index (χ3v) is 6.55. The van der Waals surface area contributed by atoms with Crippen molar-refractivity contribution in [3.8, 4) is 28.1 Å². The number of esters is 1. The van der Waals surface area contributed by atoms with Crippen LogP contribution in [0.2, 0.25) is 0 Å². The summed E-state index contributed by atoms with van der Waals surface area (Å²) < 4.78 is 13.0. The fourth-order valence-corrected chi connectivity index (χ4v) is 4.87. The van der Waals surface area contributed by atoms with E-state index < -0.39 is 5.97 Å². The summed E-state index contributed by atoms with van der Waals surface area (Å²) in [6.45, 7) is 1.98. The zero-order valence-electron chi connectivity index (χ0n) is 17.7. The van der Waals surface area contributed by atoms with E-state index >= 15 is 0 Å². The number of hydrogen-bond donors (Lipinski definition) is 0. The number of carbonyl (C=O) groups is 1. The molecule has 1 aliphatic carbocycles. The maximum Gasteiger partial charge on any atom is 0.343 e. The smallest absolute Gasteiger partial charge is 0.343 e. The lowest BCUT2D eigenvalue weighted by molar-refractivity contribution is 0.0521. The summed E-state index contributed by atoms with van der Waals surface area (Å²) in [5, 5.41) is 0. The Hall–Kier alpha value is -3.41. The number of hydrogen-bond acceptors (Lipinski definition) is 5. The van der Waals surface area contributed by atoms with Crippen LogP contribution in [0.4, 0.5) is 0 Å². The first-order chi connectivity index (χ1) is 15.1. The molecule has 0 N–H and O–H groups in total. The van der Waals surface area contributed by atoms with Gasteiger partial charge in [0, 0.05) is 41.3 Å². The van der Waals surface area contributed by atoms with Crippen LogP contribution >= 0.6 is 0 Å². The predicted molar refractivity (Wildman–Crippen MR) is 117 cm³/mol. The van der Waals surface area contributed by atoms with Crippen LogP contribution in [0.25, 0.3) is 22.4 Å². The van der Waals surface area contributed by atoms with Crippen molar-refractivity contribution in [2.24, 2.45) is 0 Å². The molecular formula is C25H24N2O4. The standard InChI is InChI=1S/C25H24N2O4/c1-3-31-24(29)20-15-27-21(13-22(20)28)18-12-23(30-2)19(16-5-9-26-10-6-16)11-17(18)14-25(27)7-4-8-25/h5-6,9-13,15H,3-4,7-8,14H2,1-2H3. The highest BCUT2D eigenvalue weighted by Crippen LogP contribution is 2.50. The van der Waals surface area contributed by atoms with Crippen molar-refractivity contribution >= 4 is 5.97 Å². The number of fused-ring (bicyclic) bond motifs is 4. The molecule has 1 saturated carbocycles. The molecule has 0 unspecified atom stereocenters. The highest BCUT2D eigenvalue weighted by molar-refractivity contribution is 5.90. The Morgan fingerprint density at radius 3 is 2.58 bits per heavy atom. The Bertz CT molecular complexity index is 1230. The Morgan fingerprint density at radius 1 is 1.16 bits per heavy atom. The summed E-state index contributed by atoms with van der Waals surface area (Å²) >= 11 is 0. The predicted octanol–water partition coefficient (Wildman–Crippen LogP) is 4.20. The van der Waals surface area contributed by atoms with Crippen molar-refractivity contribution in [1.82, 2.24) is 9.55 Å². The van der Waals surface area contributed by atoms with E-state index in [0.29, 0.717) is 0 Å². The minimum absolute atomic E-state index is 0.0979. The van der Waals surface area contributed by atoms with Crippen LogP contribution in [-0.2, 0) is 16.7 Å². The van der Waals surface area contributed by atoms with E-state index in [1.54, 1.807) is 38.7 Å². The van der Waals surface area contributed by atoms with Gasteiger partial charge >= 0.3 is 5.97 Å². The van der Waals surface area contributed by atoms with Gasteiger partial charge in [-0.1, -0.05) is 0 Å². The number of methoxy groups -OCH3 is 1. The lowest BCUT2D eigenvalue weighted by Crippen LogP contribution is -2.46. The minimum Gasteiger partial charge on any atom is -0.496 e. The van der Waals surface area contributed by atoms with Crippen LogP contribution in [0.1, 0.15) is 42.1 Å². The van der Waals surface area contributed by atoms with E-state index in [2.05, 4.69) is 15.6 Å². The zero-order valence-corrected chi connectivity index (χ0v) is 17.7. The van der Waals surface area contributed by atoms with Gasteiger partial charge in [-0.15, -0.1) is 0 Å². The van der Waals surface area contributed by atoms with Crippen LogP contribution in [0, 0.1) is 0 Å². The van der Waals surface area contributed by atoms with Gasteiger partial charge in [-0.25, -0.2) is 4.79 Å². The number of aromatic nitrogens is 2. The number of rotatable bonds is 4. The maximum atomic E-state index is 12.8. The van der Waals surface area contributed by atoms with E-state index in [1.165, 1.54) is 5.56 Å². The van der Waals surface area contributed by atoms with Gasteiger partial charge in [0.05, 0.1) is 19.4 Å². The second-order valence-corrected chi connectivity index (χ2v) is 8.23. The summed E-state index contributed by atoms with van der Waals surface area (Å²) in [7, 11) is 1.65. The lowest BCUT2D eigenvalue weighted by Gasteiger charge is -2.49. The number of ether oxygens (including phenoxy) is 2. The summed E-state index contributed by atoms with van der Waals surface area (Å²) in [5.74, 6) is 0.177. The second-order valence-electron chi connectivity index (χ2n) is 8.23. The Kier molecular flexibility index (Phi) is 4.65. The van der Waals surface area contributed by atoms with Crippen LogP contribution < -0.4 is 10.2 Å². The topological polar surface area (TPSA) is 70.4 Å². The molecule has 0 saturated heterocycles. The molecule has 2 aromatic heterocycles. The number of carbonyl (C=O) groups excluding carboxylic acids is 1. The molecule has 1 aromatic carbocycles. The molecule has 1 spiro atoms. The van der Waals surface area contributed by atoms with E-state index in [4.69, 9.17) is 9.47 Å². The number of nitrogens with zero attached hydrogens (tertiary/aromatic N) is 2. The SMILES string of the molecule is CCOC(=O)c1cn2c(cc1=O)-c1cc(OC)c(-c3ccncc3)cc1CC21CCC1. The molecule has 2 aliphatic rings. The van der Waals surface area contributed by atoms with Gasteiger partial charge in [0.25, 0.3) is 0 Å². The van der Waals surface area contributed by atoms with Crippen molar-refractivity contribution < 1.29 is 14.3 Å². The Morgan fingerprint density at radius 2 is 1.94 bits per heavy atom. The maximum absolute atomic E-state index is 12.8. The third-order valence-electron chi connectivity index (χ3n) is 6.55. The first-order valence-electron chi connectivity index (χ1n) is 10.6. The molecule has 0 bridgehead atoms. The van der Waals surface area contributed by atoms with Crippen molar-refractivity contribution in [2.45, 2.75) is 38.1 Å². The molecule has 0 amide bonds. The molecule has 5 rings (SSSR count). The molecule has 0 radical (unpaired) electrons. The number of pyridine rings is 2. The zero-order chi connectivity index (χ0) is 21.6. The van der Waals surface area contributed by atoms with Crippen LogP contribution in [0.3, 0.4) is 0 Å². The average molecular weight is 416 g/mol. The molecule has 6 heteroatoms. The van der Waals surface area contributed by atoms with Crippen molar-refractivity contribution in [2.75, 3.05) is 13.7 Å². The van der Waals surface area contributed by atoms with E-state index in [-0.39, 0.29) is 23.1 Å². The van der Waals surface area contributed by atoms with Gasteiger partial charge < -0.3 is 14.0 Å². The van der Waals surface area contributed by atoms with Crippen molar-refractivity contribution in [3.05, 3.63) is 70.3 Å². The lowest BCUT2D eigenvalue weighted by atomic mass is 9.69. The summed E-state index contributed by atoms with van der Waals surface area (Å²) in [6.07, 6.45) is 9.26. The monoisotopic (exact) mass is 416 g/mol. The largest absolute Gasteiger partial charge is 0.496 e. The van der Waals surface area contributed by atoms with E-state index in [9.17, 15) is 9.59 Å². The second kappa shape index (κ2) is 7.38. The van der Waals surface area contributed by atoms with Gasteiger partial charge in [0.1, 0.15) is 11.3 Å². The normalized spacial score (nSPS) is 15.5. The van der Waals surface area contributed by atoms with Crippen LogP contribution in [0.15, 0.2) is 53.7 Å². The molecule has 3 heterocycles. The summed E-state index contributed by atoms with van der Waals surface area (Å²) in [4.78, 5) is 29.3. The highest BCUT2D eigenvalue weighted by Gasteiger charge is 2.43. The van der Waals surface area contributed by atoms with E-state index in [0.717, 1.165) is 53.8 Å². The van der Waals surface area contributed by atoms with Gasteiger partial charge in [0.2, 0.25) is 0 Å². The first-order valence-corrected chi connectivity index (χ1v) is 10.6. The van der Waals surface area contributed by atoms with Gasteiger partial charge in [-0.05, 0) is 68.0 Å². The minimum atomic E-state index is -0.561. The van der Waals surface area contributed by atoms with Crippen LogP contribution in [-0.4, -0.2) is 29.2 Å². The molecule has 158 valence electrons. The molecule has 6 nitrogen and oxygen atoms in total. The number of benzene rings is 1. The molecule has 1 fully saturated rings. The fourth-order valence-electron chi connectivity index (χ4n) is 4.87. The third kappa shape index (κ3) is 3.05. The van der Waals surface area contributed by atoms with Gasteiger partial charge in [-0.2, -0.15) is 0 Å². The Balaban J connectivity index is 1.72. The fraction of sp³-hybridized carbons (Fsp3) is 0.320. The average Bonchev–Trinajstić information content (AvgIpc) is 2.76. The molecule has 31 heavy (non-hydrogen) atoms. The van der Waals surface area contributed by atoms with Gasteiger partial charge in [-0.3, -0.25) is 9.78 Å². The summed E-state index contributed by atoms with van der Waals surface area (Å²) in [6, 6.07) is 9.70. The van der Waals surface area contributed by atoms with Crippen molar-refractivity contribution in [1.29, 1.82) is 0 Å². The molecule has 3 aromatic rings.